The van der Waals surface area contributed by atoms with Crippen LogP contribution in [0.3, 0.4) is 0 Å². The number of nitrogens with one attached hydrogen (secondary N) is 1. The van der Waals surface area contributed by atoms with E-state index in [9.17, 15) is 9.59 Å². The molecule has 1 unspecified atom stereocenters. The molecule has 1 N–H and O–H groups in total. The largest absolute Gasteiger partial charge is 0.469 e. The topological polar surface area (TPSA) is 125 Å². The molecule has 4 aromatic rings. The fraction of sp³-hybridized carbons (Fsp3) is 0.250. The molecule has 1 atom stereocenters. The van der Waals surface area contributed by atoms with Crippen LogP contribution in [0.15, 0.2) is 60.9 Å². The number of rotatable bonds is 10. The smallest absolute Gasteiger partial charge is 0.309 e. The Morgan fingerprint density at radius 1 is 1.07 bits per heavy atom. The summed E-state index contributed by atoms with van der Waals surface area (Å²) in [5, 5.41) is 23.4. The molecule has 0 aliphatic carbocycles. The Morgan fingerprint density at radius 3 is 2.52 bits per heavy atom. The van der Waals surface area contributed by atoms with Crippen molar-refractivity contribution in [3.63, 3.8) is 0 Å². The highest BCUT2D eigenvalue weighted by molar-refractivity contribution is 6.31. The molecule has 0 aliphatic rings. The van der Waals surface area contributed by atoms with Crippen molar-refractivity contribution in [2.45, 2.75) is 32.7 Å². The summed E-state index contributed by atoms with van der Waals surface area (Å²) in [4.78, 5) is 24.7. The maximum atomic E-state index is 13.1. The summed E-state index contributed by atoms with van der Waals surface area (Å²) in [6, 6.07) is 14.0. The van der Waals surface area contributed by atoms with E-state index in [-0.39, 0.29) is 29.4 Å². The molecule has 4 rings (SSSR count). The summed E-state index contributed by atoms with van der Waals surface area (Å²) in [6.07, 6.45) is 5.34. The van der Waals surface area contributed by atoms with Crippen LogP contribution in [0.5, 0.6) is 0 Å². The lowest BCUT2D eigenvalue weighted by molar-refractivity contribution is -0.139. The molecule has 0 radical (unpaired) electrons. The number of carbonyl (C=O) groups is 2. The van der Waals surface area contributed by atoms with Gasteiger partial charge < -0.3 is 10.1 Å². The van der Waals surface area contributed by atoms with Crippen LogP contribution in [-0.2, 0) is 20.7 Å². The van der Waals surface area contributed by atoms with Gasteiger partial charge >= 0.3 is 5.97 Å². The molecule has 0 saturated carbocycles. The first-order valence-corrected chi connectivity index (χ1v) is 13.2. The number of halogens is 2. The van der Waals surface area contributed by atoms with Crippen LogP contribution < -0.4 is 5.32 Å². The first-order valence-electron chi connectivity index (χ1n) is 12.4. The summed E-state index contributed by atoms with van der Waals surface area (Å²) >= 11 is 12.7. The minimum atomic E-state index is -0.421. The average molecular weight is 580 g/mol. The van der Waals surface area contributed by atoms with Gasteiger partial charge in [0.15, 0.2) is 5.15 Å². The number of benzene rings is 2. The van der Waals surface area contributed by atoms with Gasteiger partial charge in [0.25, 0.3) is 0 Å². The maximum Gasteiger partial charge on any atom is 0.309 e. The van der Waals surface area contributed by atoms with Crippen molar-refractivity contribution in [2.75, 3.05) is 7.11 Å². The van der Waals surface area contributed by atoms with Crippen molar-refractivity contribution >= 4 is 41.2 Å². The number of nitrogens with zero attached hydrogens (tertiary/aromatic N) is 6. The fourth-order valence-electron chi connectivity index (χ4n) is 4.07. The number of ether oxygens (including phenoxy) is 1. The number of aromatic nitrogens is 6. The summed E-state index contributed by atoms with van der Waals surface area (Å²) in [5.41, 5.74) is 4.19. The van der Waals surface area contributed by atoms with Crippen LogP contribution in [0, 0.1) is 5.92 Å². The Bertz CT molecular complexity index is 1510. The standard InChI is InChI=1S/C28H27Cl2N7O3/c1-17(2)12-24(32-26(38)11-8-20-14-21(29)9-10-25(20)37-16-31-35-36-37)22-15-23(33-34-28(22)30)19-6-4-18(5-7-19)13-27(39)40-3/h4-11,14-17,24H,12-13H2,1-3H3,(H,32,38)/b11-8+. The number of amides is 1. The zero-order chi connectivity index (χ0) is 28.6. The molecule has 12 heteroatoms. The molecule has 2 aromatic carbocycles. The average Bonchev–Trinajstić information content (AvgIpc) is 3.47. The lowest BCUT2D eigenvalue weighted by atomic mass is 9.96. The fourth-order valence-corrected chi connectivity index (χ4v) is 4.47. The molecule has 0 spiro atoms. The van der Waals surface area contributed by atoms with Gasteiger partial charge in [0.1, 0.15) is 6.33 Å². The molecule has 0 saturated heterocycles. The Hall–Kier alpha value is -4.15. The number of hydrogen-bond acceptors (Lipinski definition) is 8. The molecule has 40 heavy (non-hydrogen) atoms. The van der Waals surface area contributed by atoms with Gasteiger partial charge in [0.05, 0.1) is 31.0 Å². The van der Waals surface area contributed by atoms with Gasteiger partial charge in [-0.3, -0.25) is 9.59 Å². The normalized spacial score (nSPS) is 12.1. The zero-order valence-corrected chi connectivity index (χ0v) is 23.6. The zero-order valence-electron chi connectivity index (χ0n) is 22.1. The monoisotopic (exact) mass is 579 g/mol. The second kappa shape index (κ2) is 13.3. The van der Waals surface area contributed by atoms with Crippen LogP contribution in [0.2, 0.25) is 10.2 Å². The predicted octanol–water partition coefficient (Wildman–Crippen LogP) is 5.06. The number of hydrogen-bond donors (Lipinski definition) is 1. The molecule has 206 valence electrons. The Labute approximate surface area is 241 Å². The van der Waals surface area contributed by atoms with E-state index in [0.717, 1.165) is 11.1 Å². The highest BCUT2D eigenvalue weighted by atomic mass is 35.5. The molecular weight excluding hydrogens is 553 g/mol. The minimum Gasteiger partial charge on any atom is -0.469 e. The van der Waals surface area contributed by atoms with Gasteiger partial charge in [0.2, 0.25) is 5.91 Å². The van der Waals surface area contributed by atoms with E-state index in [1.54, 1.807) is 24.3 Å². The third-order valence-corrected chi connectivity index (χ3v) is 6.53. The van der Waals surface area contributed by atoms with Crippen LogP contribution in [-0.4, -0.2) is 49.4 Å². The van der Waals surface area contributed by atoms with Crippen LogP contribution >= 0.6 is 23.2 Å². The summed E-state index contributed by atoms with van der Waals surface area (Å²) in [7, 11) is 1.36. The first kappa shape index (κ1) is 28.8. The van der Waals surface area contributed by atoms with Gasteiger partial charge in [-0.05, 0) is 58.7 Å². The quantitative estimate of drug-likeness (QED) is 0.204. The highest BCUT2D eigenvalue weighted by Gasteiger charge is 2.21. The van der Waals surface area contributed by atoms with E-state index in [4.69, 9.17) is 27.9 Å². The van der Waals surface area contributed by atoms with Crippen molar-refractivity contribution in [1.29, 1.82) is 0 Å². The first-order chi connectivity index (χ1) is 19.2. The van der Waals surface area contributed by atoms with E-state index in [1.807, 2.05) is 30.3 Å². The number of esters is 1. The van der Waals surface area contributed by atoms with Gasteiger partial charge in [-0.2, -0.15) is 4.68 Å². The second-order valence-corrected chi connectivity index (χ2v) is 10.2. The van der Waals surface area contributed by atoms with Crippen molar-refractivity contribution < 1.29 is 14.3 Å². The maximum absolute atomic E-state index is 13.1. The Kier molecular flexibility index (Phi) is 9.57. The molecule has 10 nitrogen and oxygen atoms in total. The second-order valence-electron chi connectivity index (χ2n) is 9.41. The van der Waals surface area contributed by atoms with E-state index < -0.39 is 6.04 Å². The molecule has 0 fully saturated rings. The van der Waals surface area contributed by atoms with E-state index in [0.29, 0.717) is 34.0 Å². The summed E-state index contributed by atoms with van der Waals surface area (Å²) in [5.74, 6) is -0.390. The Morgan fingerprint density at radius 2 is 1.85 bits per heavy atom. The van der Waals surface area contributed by atoms with Gasteiger partial charge in [-0.15, -0.1) is 15.3 Å². The lowest BCUT2D eigenvalue weighted by Crippen LogP contribution is -2.28. The van der Waals surface area contributed by atoms with E-state index in [2.05, 4.69) is 44.9 Å². The van der Waals surface area contributed by atoms with Gasteiger partial charge in [-0.25, -0.2) is 0 Å². The number of tetrazole rings is 1. The molecule has 2 aromatic heterocycles. The molecular formula is C28H27Cl2N7O3. The van der Waals surface area contributed by atoms with Crippen molar-refractivity contribution in [3.05, 3.63) is 87.8 Å². The number of methoxy groups -OCH3 is 1. The van der Waals surface area contributed by atoms with Crippen LogP contribution in [0.1, 0.15) is 43.0 Å². The van der Waals surface area contributed by atoms with Crippen LogP contribution in [0.25, 0.3) is 23.0 Å². The van der Waals surface area contributed by atoms with E-state index in [1.165, 1.54) is 24.2 Å². The third-order valence-electron chi connectivity index (χ3n) is 6.00. The Balaban J connectivity index is 1.57. The van der Waals surface area contributed by atoms with Gasteiger partial charge in [-0.1, -0.05) is 61.3 Å². The predicted molar refractivity (Wildman–Crippen MR) is 152 cm³/mol. The van der Waals surface area contributed by atoms with Crippen molar-refractivity contribution in [2.24, 2.45) is 5.92 Å². The lowest BCUT2D eigenvalue weighted by Gasteiger charge is -2.21. The summed E-state index contributed by atoms with van der Waals surface area (Å²) < 4.78 is 6.22. The molecule has 2 heterocycles. The molecule has 0 aliphatic heterocycles. The van der Waals surface area contributed by atoms with Gasteiger partial charge in [0, 0.05) is 27.8 Å². The van der Waals surface area contributed by atoms with Crippen molar-refractivity contribution in [1.82, 2.24) is 35.7 Å². The summed E-state index contributed by atoms with van der Waals surface area (Å²) in [6.45, 7) is 4.12. The number of carbonyl (C=O) groups excluding carboxylic acids is 2. The molecule has 1 amide bonds. The van der Waals surface area contributed by atoms with Crippen molar-refractivity contribution in [3.8, 4) is 16.9 Å². The van der Waals surface area contributed by atoms with Crippen LogP contribution in [0.4, 0.5) is 0 Å². The highest BCUT2D eigenvalue weighted by Crippen LogP contribution is 2.30. The minimum absolute atomic E-state index is 0.177. The third kappa shape index (κ3) is 7.49. The molecule has 0 bridgehead atoms. The SMILES string of the molecule is COC(=O)Cc1ccc(-c2cc(C(CC(C)C)NC(=O)/C=C/c3cc(Cl)ccc3-n3cnnn3)c(Cl)nn2)cc1. The van der Waals surface area contributed by atoms with E-state index >= 15 is 0 Å².